The predicted molar refractivity (Wildman–Crippen MR) is 83.4 cm³/mol. The number of aromatic nitrogens is 1. The van der Waals surface area contributed by atoms with Crippen molar-refractivity contribution in [1.82, 2.24) is 4.98 Å². The summed E-state index contributed by atoms with van der Waals surface area (Å²) in [6, 6.07) is 16.7. The van der Waals surface area contributed by atoms with Crippen molar-refractivity contribution in [3.63, 3.8) is 0 Å². The second-order valence-corrected chi connectivity index (χ2v) is 4.63. The summed E-state index contributed by atoms with van der Waals surface area (Å²) in [5, 5.41) is 16.0. The molecule has 3 aromatic rings. The average molecular weight is 279 g/mol. The zero-order valence-corrected chi connectivity index (χ0v) is 11.4. The van der Waals surface area contributed by atoms with E-state index in [0.717, 1.165) is 16.3 Å². The Morgan fingerprint density at radius 3 is 2.62 bits per heavy atom. The number of benzene rings is 2. The first kappa shape index (κ1) is 13.1. The van der Waals surface area contributed by atoms with Gasteiger partial charge in [-0.05, 0) is 10.8 Å². The van der Waals surface area contributed by atoms with Gasteiger partial charge in [-0.2, -0.15) is 0 Å². The highest BCUT2D eigenvalue weighted by Gasteiger charge is 2.13. The van der Waals surface area contributed by atoms with E-state index in [1.165, 1.54) is 12.1 Å². The number of nitrogens with zero attached hydrogens (tertiary/aromatic N) is 2. The zero-order valence-electron chi connectivity index (χ0n) is 11.4. The molecule has 0 aliphatic carbocycles. The van der Waals surface area contributed by atoms with Gasteiger partial charge in [-0.1, -0.05) is 42.5 Å². The molecule has 0 radical (unpaired) electrons. The third kappa shape index (κ3) is 2.41. The van der Waals surface area contributed by atoms with E-state index in [9.17, 15) is 10.1 Å². The Morgan fingerprint density at radius 2 is 1.86 bits per heavy atom. The van der Waals surface area contributed by atoms with Crippen molar-refractivity contribution in [2.24, 2.45) is 0 Å². The minimum atomic E-state index is -0.406. The average Bonchev–Trinajstić information content (AvgIpc) is 2.53. The fourth-order valence-corrected chi connectivity index (χ4v) is 2.34. The molecule has 1 aromatic heterocycles. The maximum Gasteiger partial charge on any atom is 0.275 e. The minimum Gasteiger partial charge on any atom is -0.373 e. The number of anilines is 1. The fourth-order valence-electron chi connectivity index (χ4n) is 2.34. The van der Waals surface area contributed by atoms with Gasteiger partial charge >= 0.3 is 0 Å². The minimum absolute atomic E-state index is 0.0253. The van der Waals surface area contributed by atoms with Crippen LogP contribution in [-0.4, -0.2) is 17.0 Å². The molecule has 0 unspecified atom stereocenters. The van der Waals surface area contributed by atoms with Gasteiger partial charge in [0.15, 0.2) is 0 Å². The molecule has 0 aliphatic heterocycles. The number of nitrogens with one attached hydrogen (secondary N) is 1. The summed E-state index contributed by atoms with van der Waals surface area (Å²) in [4.78, 5) is 15.1. The molecule has 0 fully saturated rings. The highest BCUT2D eigenvalue weighted by atomic mass is 16.6. The maximum absolute atomic E-state index is 11.1. The van der Waals surface area contributed by atoms with E-state index in [2.05, 4.69) is 10.3 Å². The van der Waals surface area contributed by atoms with Crippen LogP contribution in [0.1, 0.15) is 0 Å². The first-order valence-electron chi connectivity index (χ1n) is 6.51. The molecule has 1 N–H and O–H groups in total. The van der Waals surface area contributed by atoms with E-state index in [4.69, 9.17) is 0 Å². The summed E-state index contributed by atoms with van der Waals surface area (Å²) in [6.07, 6.45) is 0. The molecule has 3 rings (SSSR count). The van der Waals surface area contributed by atoms with Gasteiger partial charge in [0.05, 0.1) is 16.7 Å². The molecule has 5 heteroatoms. The van der Waals surface area contributed by atoms with E-state index in [-0.39, 0.29) is 5.69 Å². The van der Waals surface area contributed by atoms with Gasteiger partial charge in [0.25, 0.3) is 5.69 Å². The molecule has 0 atom stereocenters. The van der Waals surface area contributed by atoms with Crippen LogP contribution >= 0.6 is 0 Å². The molecule has 0 bridgehead atoms. The molecule has 21 heavy (non-hydrogen) atoms. The van der Waals surface area contributed by atoms with Crippen LogP contribution in [0.25, 0.3) is 22.0 Å². The molecule has 0 spiro atoms. The third-order valence-corrected chi connectivity index (χ3v) is 3.34. The highest BCUT2D eigenvalue weighted by molar-refractivity contribution is 5.96. The van der Waals surface area contributed by atoms with Crippen LogP contribution in [0.15, 0.2) is 54.6 Å². The molecule has 1 heterocycles. The lowest BCUT2D eigenvalue weighted by atomic mass is 10.0. The van der Waals surface area contributed by atoms with Crippen LogP contribution in [-0.2, 0) is 0 Å². The van der Waals surface area contributed by atoms with Gasteiger partial charge in [0.2, 0.25) is 0 Å². The fraction of sp³-hybridized carbons (Fsp3) is 0.0625. The lowest BCUT2D eigenvalue weighted by Crippen LogP contribution is -1.97. The van der Waals surface area contributed by atoms with Crippen molar-refractivity contribution in [2.75, 3.05) is 12.4 Å². The van der Waals surface area contributed by atoms with Crippen LogP contribution in [0.4, 0.5) is 11.5 Å². The van der Waals surface area contributed by atoms with Crippen LogP contribution in [0, 0.1) is 10.1 Å². The van der Waals surface area contributed by atoms with Gasteiger partial charge in [-0.25, -0.2) is 4.98 Å². The number of pyridine rings is 1. The van der Waals surface area contributed by atoms with Gasteiger partial charge in [-0.15, -0.1) is 0 Å². The van der Waals surface area contributed by atoms with Crippen LogP contribution in [0.3, 0.4) is 0 Å². The number of hydrogen-bond acceptors (Lipinski definition) is 4. The lowest BCUT2D eigenvalue weighted by molar-refractivity contribution is -0.384. The molecular formula is C16H13N3O2. The number of hydrogen-bond donors (Lipinski definition) is 1. The Bertz CT molecular complexity index is 825. The van der Waals surface area contributed by atoms with Gasteiger partial charge < -0.3 is 5.32 Å². The number of rotatable bonds is 3. The monoisotopic (exact) mass is 279 g/mol. The molecular weight excluding hydrogens is 266 g/mol. The Kier molecular flexibility index (Phi) is 3.23. The summed E-state index contributed by atoms with van der Waals surface area (Å²) in [5.41, 5.74) is 1.50. The molecule has 0 saturated heterocycles. The molecule has 104 valence electrons. The number of fused-ring (bicyclic) bond motifs is 1. The molecule has 0 amide bonds. The van der Waals surface area contributed by atoms with Crippen LogP contribution in [0.5, 0.6) is 0 Å². The Hall–Kier alpha value is -2.95. The molecule has 2 aromatic carbocycles. The smallest absolute Gasteiger partial charge is 0.275 e. The second-order valence-electron chi connectivity index (χ2n) is 4.63. The van der Waals surface area contributed by atoms with E-state index in [1.54, 1.807) is 7.05 Å². The summed E-state index contributed by atoms with van der Waals surface area (Å²) >= 11 is 0. The Labute approximate surface area is 121 Å². The van der Waals surface area contributed by atoms with Gasteiger partial charge in [-0.3, -0.25) is 10.1 Å². The van der Waals surface area contributed by atoms with Gasteiger partial charge in [0.1, 0.15) is 5.82 Å². The quantitative estimate of drug-likeness (QED) is 0.584. The summed E-state index contributed by atoms with van der Waals surface area (Å²) in [6.45, 7) is 0. The third-order valence-electron chi connectivity index (χ3n) is 3.34. The normalized spacial score (nSPS) is 10.5. The summed E-state index contributed by atoms with van der Waals surface area (Å²) < 4.78 is 0. The van der Waals surface area contributed by atoms with E-state index < -0.39 is 4.92 Å². The Morgan fingerprint density at radius 1 is 1.10 bits per heavy atom. The van der Waals surface area contributed by atoms with Crippen molar-refractivity contribution in [3.8, 4) is 11.3 Å². The maximum atomic E-state index is 11.1. The largest absolute Gasteiger partial charge is 0.373 e. The summed E-state index contributed by atoms with van der Waals surface area (Å²) in [5.74, 6) is 0.479. The van der Waals surface area contributed by atoms with Crippen LogP contribution < -0.4 is 5.32 Å². The second kappa shape index (κ2) is 5.20. The van der Waals surface area contributed by atoms with E-state index in [0.29, 0.717) is 11.5 Å². The standard InChI is InChI=1S/C16H13N3O2/c1-17-16-10-12(19(20)21)9-15(18-16)14-8-4-6-11-5-2-3-7-13(11)14/h2-10H,1H3,(H,17,18). The SMILES string of the molecule is CNc1cc([N+](=O)[O-])cc(-c2cccc3ccccc23)n1. The van der Waals surface area contributed by atoms with E-state index >= 15 is 0 Å². The van der Waals surface area contributed by atoms with E-state index in [1.807, 2.05) is 42.5 Å². The van der Waals surface area contributed by atoms with Crippen molar-refractivity contribution in [2.45, 2.75) is 0 Å². The van der Waals surface area contributed by atoms with Crippen molar-refractivity contribution < 1.29 is 4.92 Å². The highest BCUT2D eigenvalue weighted by Crippen LogP contribution is 2.30. The Balaban J connectivity index is 2.27. The first-order valence-corrected chi connectivity index (χ1v) is 6.51. The lowest BCUT2D eigenvalue weighted by Gasteiger charge is -2.08. The predicted octanol–water partition coefficient (Wildman–Crippen LogP) is 3.85. The van der Waals surface area contributed by atoms with Gasteiger partial charge in [0, 0.05) is 18.7 Å². The van der Waals surface area contributed by atoms with Crippen LogP contribution in [0.2, 0.25) is 0 Å². The van der Waals surface area contributed by atoms with Crippen molar-refractivity contribution in [3.05, 3.63) is 64.7 Å². The first-order chi connectivity index (χ1) is 10.2. The molecule has 5 nitrogen and oxygen atoms in total. The van der Waals surface area contributed by atoms with Crippen molar-refractivity contribution >= 4 is 22.3 Å². The van der Waals surface area contributed by atoms with Crippen molar-refractivity contribution in [1.29, 1.82) is 0 Å². The topological polar surface area (TPSA) is 68.1 Å². The number of nitro groups is 1. The summed E-state index contributed by atoms with van der Waals surface area (Å²) in [7, 11) is 1.69. The zero-order chi connectivity index (χ0) is 14.8. The molecule has 0 saturated carbocycles. The molecule has 0 aliphatic rings.